The number of nitrogens with one attached hydrogen (secondary N) is 1. The second-order valence-electron chi connectivity index (χ2n) is 6.64. The molecule has 4 rings (SSSR count). The van der Waals surface area contributed by atoms with Gasteiger partial charge in [-0.2, -0.15) is 0 Å². The molecule has 0 fully saturated rings. The number of anilines is 1. The summed E-state index contributed by atoms with van der Waals surface area (Å²) in [7, 11) is 0. The van der Waals surface area contributed by atoms with Crippen LogP contribution < -0.4 is 5.32 Å². The summed E-state index contributed by atoms with van der Waals surface area (Å²) in [4.78, 5) is 12.4. The summed E-state index contributed by atoms with van der Waals surface area (Å²) in [6.07, 6.45) is 0. The second kappa shape index (κ2) is 8.83. The Bertz CT molecular complexity index is 1240. The summed E-state index contributed by atoms with van der Waals surface area (Å²) in [5, 5.41) is 13.7. The zero-order chi connectivity index (χ0) is 21.3. The summed E-state index contributed by atoms with van der Waals surface area (Å²) in [5.41, 5.74) is 2.41. The predicted octanol–water partition coefficient (Wildman–Crippen LogP) is 6.17. The SMILES string of the molecule is CCn1c(SCC(=O)Nc2ccc(C)c(Cl)c2)nnc1-c1cc2cc(Br)ccc2o1. The van der Waals surface area contributed by atoms with Crippen LogP contribution >= 0.6 is 39.3 Å². The first-order valence-corrected chi connectivity index (χ1v) is 11.4. The fourth-order valence-electron chi connectivity index (χ4n) is 2.98. The van der Waals surface area contributed by atoms with Gasteiger partial charge in [0.15, 0.2) is 10.9 Å². The third-order valence-electron chi connectivity index (χ3n) is 4.52. The van der Waals surface area contributed by atoms with Crippen molar-refractivity contribution in [2.75, 3.05) is 11.1 Å². The average molecular weight is 506 g/mol. The van der Waals surface area contributed by atoms with Crippen molar-refractivity contribution in [3.8, 4) is 11.6 Å². The normalized spacial score (nSPS) is 11.2. The molecule has 0 radical (unpaired) electrons. The van der Waals surface area contributed by atoms with E-state index in [0.717, 1.165) is 21.0 Å². The molecule has 0 aliphatic rings. The standard InChI is InChI=1S/C21H18BrClN4O2S/c1-3-27-20(18-9-13-8-14(22)5-7-17(13)29-18)25-26-21(27)30-11-19(28)24-15-6-4-12(2)16(23)10-15/h4-10H,3,11H2,1-2H3,(H,24,28). The van der Waals surface area contributed by atoms with Crippen LogP contribution in [0.15, 0.2) is 56.5 Å². The van der Waals surface area contributed by atoms with Gasteiger partial charge in [-0.05, 0) is 55.8 Å². The Morgan fingerprint density at radius 1 is 1.23 bits per heavy atom. The van der Waals surface area contributed by atoms with Gasteiger partial charge in [-0.3, -0.25) is 9.36 Å². The molecule has 30 heavy (non-hydrogen) atoms. The maximum absolute atomic E-state index is 12.4. The van der Waals surface area contributed by atoms with Crippen molar-refractivity contribution in [3.05, 3.63) is 57.5 Å². The number of carbonyl (C=O) groups is 1. The number of hydrogen-bond acceptors (Lipinski definition) is 5. The Labute approximate surface area is 191 Å². The average Bonchev–Trinajstić information content (AvgIpc) is 3.32. The van der Waals surface area contributed by atoms with Crippen LogP contribution in [0.2, 0.25) is 5.02 Å². The third kappa shape index (κ3) is 4.40. The molecule has 0 unspecified atom stereocenters. The quantitative estimate of drug-likeness (QED) is 0.317. The van der Waals surface area contributed by atoms with Crippen LogP contribution in [0.1, 0.15) is 12.5 Å². The maximum Gasteiger partial charge on any atom is 0.234 e. The van der Waals surface area contributed by atoms with Crippen LogP contribution in [0.25, 0.3) is 22.6 Å². The highest BCUT2D eigenvalue weighted by Gasteiger charge is 2.18. The van der Waals surface area contributed by atoms with E-state index >= 15 is 0 Å². The number of halogens is 2. The van der Waals surface area contributed by atoms with Gasteiger partial charge in [0, 0.05) is 27.1 Å². The van der Waals surface area contributed by atoms with Crippen LogP contribution in [-0.4, -0.2) is 26.4 Å². The highest BCUT2D eigenvalue weighted by atomic mass is 79.9. The molecule has 0 spiro atoms. The molecular weight excluding hydrogens is 488 g/mol. The van der Waals surface area contributed by atoms with Crippen LogP contribution in [0, 0.1) is 6.92 Å². The van der Waals surface area contributed by atoms with Crippen LogP contribution in [0.3, 0.4) is 0 Å². The van der Waals surface area contributed by atoms with Crippen LogP contribution in [-0.2, 0) is 11.3 Å². The monoisotopic (exact) mass is 504 g/mol. The van der Waals surface area contributed by atoms with Crippen molar-refractivity contribution >= 4 is 61.9 Å². The lowest BCUT2D eigenvalue weighted by Crippen LogP contribution is -2.14. The topological polar surface area (TPSA) is 73.0 Å². The van der Waals surface area contributed by atoms with Gasteiger partial charge < -0.3 is 9.73 Å². The van der Waals surface area contributed by atoms with E-state index in [1.54, 1.807) is 6.07 Å². The van der Waals surface area contributed by atoms with E-state index in [2.05, 4.69) is 31.4 Å². The van der Waals surface area contributed by atoms with Crippen molar-refractivity contribution in [2.45, 2.75) is 25.5 Å². The predicted molar refractivity (Wildman–Crippen MR) is 124 cm³/mol. The Balaban J connectivity index is 1.49. The molecule has 154 valence electrons. The first-order valence-electron chi connectivity index (χ1n) is 9.26. The lowest BCUT2D eigenvalue weighted by molar-refractivity contribution is -0.113. The number of fused-ring (bicyclic) bond motifs is 1. The summed E-state index contributed by atoms with van der Waals surface area (Å²) in [5.74, 6) is 1.35. The number of amides is 1. The minimum Gasteiger partial charge on any atom is -0.453 e. The number of rotatable bonds is 6. The van der Waals surface area contributed by atoms with Crippen molar-refractivity contribution in [1.29, 1.82) is 0 Å². The summed E-state index contributed by atoms with van der Waals surface area (Å²) in [6.45, 7) is 4.57. The van der Waals surface area contributed by atoms with E-state index in [4.69, 9.17) is 16.0 Å². The van der Waals surface area contributed by atoms with Gasteiger partial charge in [0.1, 0.15) is 5.58 Å². The number of carbonyl (C=O) groups excluding carboxylic acids is 1. The van der Waals surface area contributed by atoms with Gasteiger partial charge in [-0.1, -0.05) is 45.4 Å². The Kier molecular flexibility index (Phi) is 6.17. The Morgan fingerprint density at radius 2 is 2.07 bits per heavy atom. The third-order valence-corrected chi connectivity index (χ3v) is 6.39. The van der Waals surface area contributed by atoms with E-state index in [1.807, 2.05) is 54.8 Å². The molecule has 4 aromatic rings. The van der Waals surface area contributed by atoms with Crippen molar-refractivity contribution < 1.29 is 9.21 Å². The Hall–Kier alpha value is -2.29. The van der Waals surface area contributed by atoms with E-state index in [1.165, 1.54) is 11.8 Å². The minimum absolute atomic E-state index is 0.138. The molecule has 9 heteroatoms. The van der Waals surface area contributed by atoms with Gasteiger partial charge in [0.25, 0.3) is 0 Å². The maximum atomic E-state index is 12.4. The number of hydrogen-bond donors (Lipinski definition) is 1. The molecule has 6 nitrogen and oxygen atoms in total. The fraction of sp³-hybridized carbons (Fsp3) is 0.190. The number of furan rings is 1. The van der Waals surface area contributed by atoms with Gasteiger partial charge in [0.05, 0.1) is 5.75 Å². The first-order chi connectivity index (χ1) is 14.4. The summed E-state index contributed by atoms with van der Waals surface area (Å²) >= 11 is 10.9. The second-order valence-corrected chi connectivity index (χ2v) is 8.91. The highest BCUT2D eigenvalue weighted by molar-refractivity contribution is 9.10. The largest absolute Gasteiger partial charge is 0.453 e. The molecule has 0 aliphatic heterocycles. The number of aryl methyl sites for hydroxylation is 1. The van der Waals surface area contributed by atoms with Gasteiger partial charge in [-0.15, -0.1) is 10.2 Å². The molecule has 0 atom stereocenters. The van der Waals surface area contributed by atoms with Gasteiger partial charge in [-0.25, -0.2) is 0 Å². The van der Waals surface area contributed by atoms with Crippen molar-refractivity contribution in [3.63, 3.8) is 0 Å². The van der Waals surface area contributed by atoms with E-state index in [0.29, 0.717) is 34.0 Å². The number of nitrogens with zero attached hydrogens (tertiary/aromatic N) is 3. The molecule has 2 aromatic heterocycles. The lowest BCUT2D eigenvalue weighted by atomic mass is 10.2. The number of benzene rings is 2. The van der Waals surface area contributed by atoms with E-state index < -0.39 is 0 Å². The van der Waals surface area contributed by atoms with E-state index in [9.17, 15) is 4.79 Å². The first kappa shape index (κ1) is 21.0. The lowest BCUT2D eigenvalue weighted by Gasteiger charge is -2.08. The summed E-state index contributed by atoms with van der Waals surface area (Å²) < 4.78 is 8.87. The molecule has 0 aliphatic carbocycles. The molecule has 2 heterocycles. The summed E-state index contributed by atoms with van der Waals surface area (Å²) in [6, 6.07) is 13.2. The molecule has 1 amide bonds. The van der Waals surface area contributed by atoms with Gasteiger partial charge in [0.2, 0.25) is 11.7 Å². The van der Waals surface area contributed by atoms with Crippen molar-refractivity contribution in [2.24, 2.45) is 0 Å². The number of thioether (sulfide) groups is 1. The van der Waals surface area contributed by atoms with Crippen LogP contribution in [0.4, 0.5) is 5.69 Å². The number of aromatic nitrogens is 3. The van der Waals surface area contributed by atoms with Crippen molar-refractivity contribution in [1.82, 2.24) is 14.8 Å². The van der Waals surface area contributed by atoms with Gasteiger partial charge >= 0.3 is 0 Å². The molecule has 0 saturated carbocycles. The molecule has 0 saturated heterocycles. The highest BCUT2D eigenvalue weighted by Crippen LogP contribution is 2.31. The molecule has 2 aromatic carbocycles. The van der Waals surface area contributed by atoms with Crippen LogP contribution in [0.5, 0.6) is 0 Å². The fourth-order valence-corrected chi connectivity index (χ4v) is 4.35. The zero-order valence-corrected chi connectivity index (χ0v) is 19.4. The molecule has 0 bridgehead atoms. The zero-order valence-electron chi connectivity index (χ0n) is 16.3. The smallest absolute Gasteiger partial charge is 0.234 e. The Morgan fingerprint density at radius 3 is 2.83 bits per heavy atom. The molecule has 1 N–H and O–H groups in total. The minimum atomic E-state index is -0.138. The molecular formula is C21H18BrClN4O2S. The van der Waals surface area contributed by atoms with E-state index in [-0.39, 0.29) is 11.7 Å².